The predicted molar refractivity (Wildman–Crippen MR) is 139 cm³/mol. The minimum Gasteiger partial charge on any atom is -0.387 e. The lowest BCUT2D eigenvalue weighted by Crippen LogP contribution is -2.36. The zero-order chi connectivity index (χ0) is 22.5. The van der Waals surface area contributed by atoms with E-state index in [1.165, 1.54) is 33.4 Å². The lowest BCUT2D eigenvalue weighted by molar-refractivity contribution is 0.499. The van der Waals surface area contributed by atoms with Crippen LogP contribution in [0, 0.1) is 0 Å². The van der Waals surface area contributed by atoms with E-state index in [4.69, 9.17) is 0 Å². The maximum Gasteiger partial charge on any atom is 0.0604 e. The zero-order valence-corrected chi connectivity index (χ0v) is 19.1. The highest BCUT2D eigenvalue weighted by atomic mass is 14.9. The molecule has 0 heterocycles. The first-order valence-electron chi connectivity index (χ1n) is 12.0. The fourth-order valence-corrected chi connectivity index (χ4v) is 5.43. The van der Waals surface area contributed by atoms with Gasteiger partial charge in [0, 0.05) is 12.2 Å². The molecule has 0 spiro atoms. The monoisotopic (exact) mass is 429 g/mol. The number of hydrogen-bond donors (Lipinski definition) is 1. The molecule has 1 heteroatoms. The Morgan fingerprint density at radius 1 is 0.606 bits per heavy atom. The van der Waals surface area contributed by atoms with Crippen LogP contribution in [0.2, 0.25) is 0 Å². The highest BCUT2D eigenvalue weighted by Gasteiger charge is 2.44. The highest BCUT2D eigenvalue weighted by Crippen LogP contribution is 2.54. The topological polar surface area (TPSA) is 12.0 Å². The Morgan fingerprint density at radius 3 is 1.67 bits per heavy atom. The quantitative estimate of drug-likeness (QED) is 0.294. The maximum absolute atomic E-state index is 4.65. The number of allylic oxidation sites excluding steroid dienone is 1. The summed E-state index contributed by atoms with van der Waals surface area (Å²) < 4.78 is 0. The molecule has 33 heavy (non-hydrogen) atoms. The molecule has 0 amide bonds. The Hall–Kier alpha value is -3.58. The van der Waals surface area contributed by atoms with Gasteiger partial charge in [-0.05, 0) is 59.1 Å². The van der Waals surface area contributed by atoms with Gasteiger partial charge in [-0.1, -0.05) is 116 Å². The van der Waals surface area contributed by atoms with Gasteiger partial charge < -0.3 is 5.32 Å². The summed E-state index contributed by atoms with van der Waals surface area (Å²) in [5.41, 5.74) is 9.12. The van der Waals surface area contributed by atoms with Gasteiger partial charge in [-0.2, -0.15) is 0 Å². The molecule has 0 aliphatic heterocycles. The van der Waals surface area contributed by atoms with Gasteiger partial charge >= 0.3 is 0 Å². The van der Waals surface area contributed by atoms with Gasteiger partial charge in [-0.25, -0.2) is 0 Å². The first-order chi connectivity index (χ1) is 16.3. The molecule has 0 saturated carbocycles. The van der Waals surface area contributed by atoms with Crippen molar-refractivity contribution in [2.24, 2.45) is 0 Å². The summed E-state index contributed by atoms with van der Waals surface area (Å²) in [4.78, 5) is 0. The van der Waals surface area contributed by atoms with Crippen LogP contribution in [0.1, 0.15) is 35.1 Å². The molecule has 0 bridgehead atoms. The molecule has 0 unspecified atom stereocenters. The second-order valence-corrected chi connectivity index (χ2v) is 8.98. The molecule has 1 aliphatic carbocycles. The maximum atomic E-state index is 4.65. The van der Waals surface area contributed by atoms with Gasteiger partial charge in [0.25, 0.3) is 0 Å². The second-order valence-electron chi connectivity index (χ2n) is 8.98. The third kappa shape index (κ3) is 4.12. The van der Waals surface area contributed by atoms with Crippen LogP contribution >= 0.6 is 0 Å². The van der Waals surface area contributed by atoms with Gasteiger partial charge in [-0.15, -0.1) is 0 Å². The number of fused-ring (bicyclic) bond motifs is 3. The Morgan fingerprint density at radius 2 is 1.09 bits per heavy atom. The standard InChI is InChI=1S/C32H31N/c1-25(33-24-22-27-15-6-3-7-16-27)32(23-12-17-26-13-4-2-5-14-26)30-20-10-8-18-28(30)29-19-9-11-21-31(29)32/h2-11,13-16,18-21,33H,1,12,17,22-24H2. The van der Waals surface area contributed by atoms with Crippen LogP contribution in [0.15, 0.2) is 121 Å². The van der Waals surface area contributed by atoms with Crippen LogP contribution in [-0.4, -0.2) is 6.54 Å². The van der Waals surface area contributed by atoms with Crippen LogP contribution in [0.3, 0.4) is 0 Å². The summed E-state index contributed by atoms with van der Waals surface area (Å²) in [6, 6.07) is 39.3. The smallest absolute Gasteiger partial charge is 0.0604 e. The van der Waals surface area contributed by atoms with Crippen molar-refractivity contribution in [2.75, 3.05) is 6.54 Å². The minimum atomic E-state index is -0.210. The lowest BCUT2D eigenvalue weighted by atomic mass is 9.71. The Labute approximate surface area is 197 Å². The number of rotatable bonds is 9. The average molecular weight is 430 g/mol. The number of hydrogen-bond acceptors (Lipinski definition) is 1. The van der Waals surface area contributed by atoms with Gasteiger partial charge in [0.05, 0.1) is 5.41 Å². The van der Waals surface area contributed by atoms with Crippen molar-refractivity contribution < 1.29 is 0 Å². The Bertz CT molecular complexity index is 1180. The van der Waals surface area contributed by atoms with Crippen molar-refractivity contribution >= 4 is 0 Å². The normalized spacial score (nSPS) is 13.2. The molecular weight excluding hydrogens is 398 g/mol. The van der Waals surface area contributed by atoms with Crippen molar-refractivity contribution in [2.45, 2.75) is 31.1 Å². The van der Waals surface area contributed by atoms with Crippen LogP contribution in [0.25, 0.3) is 11.1 Å². The molecule has 5 rings (SSSR count). The van der Waals surface area contributed by atoms with Crippen molar-refractivity contribution in [3.63, 3.8) is 0 Å². The molecule has 1 aliphatic rings. The fourth-order valence-electron chi connectivity index (χ4n) is 5.43. The third-order valence-corrected chi connectivity index (χ3v) is 7.03. The van der Waals surface area contributed by atoms with Crippen molar-refractivity contribution in [1.82, 2.24) is 5.32 Å². The minimum absolute atomic E-state index is 0.210. The summed E-state index contributed by atoms with van der Waals surface area (Å²) in [6.45, 7) is 5.53. The van der Waals surface area contributed by atoms with E-state index in [9.17, 15) is 0 Å². The van der Waals surface area contributed by atoms with Gasteiger partial charge in [0.1, 0.15) is 0 Å². The zero-order valence-electron chi connectivity index (χ0n) is 19.1. The van der Waals surface area contributed by atoms with E-state index in [1.807, 2.05) is 0 Å². The highest BCUT2D eigenvalue weighted by molar-refractivity contribution is 5.82. The van der Waals surface area contributed by atoms with Crippen LogP contribution < -0.4 is 5.32 Å². The summed E-state index contributed by atoms with van der Waals surface area (Å²) >= 11 is 0. The first-order valence-corrected chi connectivity index (χ1v) is 12.0. The molecule has 0 fully saturated rings. The summed E-state index contributed by atoms with van der Waals surface area (Å²) in [7, 11) is 0. The molecule has 164 valence electrons. The number of benzene rings is 4. The van der Waals surface area contributed by atoms with Crippen molar-refractivity contribution in [3.05, 3.63) is 144 Å². The van der Waals surface area contributed by atoms with Crippen LogP contribution in [0.5, 0.6) is 0 Å². The van der Waals surface area contributed by atoms with Gasteiger partial charge in [0.2, 0.25) is 0 Å². The van der Waals surface area contributed by atoms with Crippen LogP contribution in [0.4, 0.5) is 0 Å². The van der Waals surface area contributed by atoms with Gasteiger partial charge in [0.15, 0.2) is 0 Å². The fraction of sp³-hybridized carbons (Fsp3) is 0.188. The molecule has 4 aromatic carbocycles. The number of nitrogens with one attached hydrogen (secondary N) is 1. The molecular formula is C32H31N. The van der Waals surface area contributed by atoms with Crippen LogP contribution in [-0.2, 0) is 18.3 Å². The number of aryl methyl sites for hydroxylation is 1. The molecule has 0 atom stereocenters. The first kappa shape index (κ1) is 21.3. The molecule has 0 radical (unpaired) electrons. The van der Waals surface area contributed by atoms with E-state index in [-0.39, 0.29) is 5.41 Å². The van der Waals surface area contributed by atoms with E-state index >= 15 is 0 Å². The van der Waals surface area contributed by atoms with Gasteiger partial charge in [-0.3, -0.25) is 0 Å². The van der Waals surface area contributed by atoms with E-state index < -0.39 is 0 Å². The molecule has 4 aromatic rings. The molecule has 0 aromatic heterocycles. The Balaban J connectivity index is 1.45. The largest absolute Gasteiger partial charge is 0.387 e. The van der Waals surface area contributed by atoms with E-state index in [1.54, 1.807) is 0 Å². The predicted octanol–water partition coefficient (Wildman–Crippen LogP) is 7.32. The van der Waals surface area contributed by atoms with Crippen molar-refractivity contribution in [1.29, 1.82) is 0 Å². The second kappa shape index (κ2) is 9.50. The average Bonchev–Trinajstić information content (AvgIpc) is 3.16. The summed E-state index contributed by atoms with van der Waals surface area (Å²) in [5, 5.41) is 3.75. The van der Waals surface area contributed by atoms with Crippen molar-refractivity contribution in [3.8, 4) is 11.1 Å². The molecule has 1 N–H and O–H groups in total. The lowest BCUT2D eigenvalue weighted by Gasteiger charge is -2.35. The van der Waals surface area contributed by atoms with E-state index in [0.29, 0.717) is 0 Å². The SMILES string of the molecule is C=C(NCCc1ccccc1)C1(CCCc2ccccc2)c2ccccc2-c2ccccc21. The molecule has 0 saturated heterocycles. The Kier molecular flexibility index (Phi) is 6.13. The summed E-state index contributed by atoms with van der Waals surface area (Å²) in [6.07, 6.45) is 4.20. The third-order valence-electron chi connectivity index (χ3n) is 7.03. The molecule has 1 nitrogen and oxygen atoms in total. The summed E-state index contributed by atoms with van der Waals surface area (Å²) in [5.74, 6) is 0. The van der Waals surface area contributed by atoms with E-state index in [0.717, 1.165) is 37.9 Å². The van der Waals surface area contributed by atoms with E-state index in [2.05, 4.69) is 121 Å².